The summed E-state index contributed by atoms with van der Waals surface area (Å²) in [6.07, 6.45) is -0.278. The van der Waals surface area contributed by atoms with Gasteiger partial charge in [0, 0.05) is 6.42 Å². The molecule has 0 saturated heterocycles. The lowest BCUT2D eigenvalue weighted by Gasteiger charge is -2.13. The van der Waals surface area contributed by atoms with Crippen LogP contribution in [0.15, 0.2) is 0 Å². The first-order chi connectivity index (χ1) is 6.47. The fourth-order valence-electron chi connectivity index (χ4n) is 1.70. The van der Waals surface area contributed by atoms with Crippen molar-refractivity contribution in [2.45, 2.75) is 32.1 Å². The van der Waals surface area contributed by atoms with Gasteiger partial charge in [0.2, 0.25) is 0 Å². The lowest BCUT2D eigenvalue weighted by Crippen LogP contribution is -2.21. The molecule has 1 rings (SSSR count). The number of halogens is 2. The predicted molar refractivity (Wildman–Crippen MR) is 46.9 cm³/mol. The van der Waals surface area contributed by atoms with E-state index in [0.717, 1.165) is 0 Å². The van der Waals surface area contributed by atoms with E-state index in [1.54, 1.807) is 6.92 Å². The average molecular weight is 207 g/mol. The summed E-state index contributed by atoms with van der Waals surface area (Å²) in [5, 5.41) is 0. The molecule has 0 aromatic rings. The van der Waals surface area contributed by atoms with Crippen molar-refractivity contribution in [1.82, 2.24) is 0 Å². The fraction of sp³-hybridized carbons (Fsp3) is 0.889. The molecule has 1 aliphatic carbocycles. The van der Waals surface area contributed by atoms with E-state index in [1.165, 1.54) is 0 Å². The molecule has 0 aromatic heterocycles. The van der Waals surface area contributed by atoms with Gasteiger partial charge in [-0.2, -0.15) is 0 Å². The second kappa shape index (κ2) is 3.81. The van der Waals surface area contributed by atoms with Crippen LogP contribution in [-0.2, 0) is 9.53 Å². The maximum atomic E-state index is 13.0. The monoisotopic (exact) mass is 207 g/mol. The molecule has 5 heteroatoms. The Morgan fingerprint density at radius 3 is 2.50 bits per heavy atom. The standard InChI is InChI=1S/C9H15F2NO2/c1-2-14-7(13)5-8(3-4-12)6-9(8,10)11/h2-6,12H2,1H3. The third-order valence-electron chi connectivity index (χ3n) is 2.62. The van der Waals surface area contributed by atoms with Gasteiger partial charge in [-0.05, 0) is 19.9 Å². The van der Waals surface area contributed by atoms with Crippen molar-refractivity contribution in [3.8, 4) is 0 Å². The fourth-order valence-corrected chi connectivity index (χ4v) is 1.70. The number of hydrogen-bond donors (Lipinski definition) is 1. The summed E-state index contributed by atoms with van der Waals surface area (Å²) in [6.45, 7) is 2.05. The van der Waals surface area contributed by atoms with Gasteiger partial charge in [0.25, 0.3) is 5.92 Å². The third-order valence-corrected chi connectivity index (χ3v) is 2.62. The lowest BCUT2D eigenvalue weighted by atomic mass is 9.97. The topological polar surface area (TPSA) is 52.3 Å². The van der Waals surface area contributed by atoms with Crippen LogP contribution in [0.5, 0.6) is 0 Å². The Kier molecular flexibility index (Phi) is 3.09. The highest BCUT2D eigenvalue weighted by Crippen LogP contribution is 2.64. The summed E-state index contributed by atoms with van der Waals surface area (Å²) in [6, 6.07) is 0. The van der Waals surface area contributed by atoms with Crippen LogP contribution in [-0.4, -0.2) is 25.0 Å². The summed E-state index contributed by atoms with van der Waals surface area (Å²) in [5.74, 6) is -3.29. The molecular formula is C9H15F2NO2. The number of ether oxygens (including phenoxy) is 1. The molecule has 0 aliphatic heterocycles. The zero-order valence-corrected chi connectivity index (χ0v) is 8.19. The molecule has 1 aliphatic rings. The Balaban J connectivity index is 2.51. The molecule has 0 spiro atoms. The van der Waals surface area contributed by atoms with Crippen molar-refractivity contribution in [2.75, 3.05) is 13.2 Å². The summed E-state index contributed by atoms with van der Waals surface area (Å²) >= 11 is 0. The number of alkyl halides is 2. The largest absolute Gasteiger partial charge is 0.466 e. The number of nitrogens with two attached hydrogens (primary N) is 1. The van der Waals surface area contributed by atoms with Crippen LogP contribution < -0.4 is 5.73 Å². The first-order valence-corrected chi connectivity index (χ1v) is 4.71. The summed E-state index contributed by atoms with van der Waals surface area (Å²) in [4.78, 5) is 11.1. The molecule has 0 amide bonds. The van der Waals surface area contributed by atoms with Crippen LogP contribution in [0.1, 0.15) is 26.2 Å². The van der Waals surface area contributed by atoms with Gasteiger partial charge in [-0.1, -0.05) is 0 Å². The number of carbonyl (C=O) groups excluding carboxylic acids is 1. The van der Waals surface area contributed by atoms with Gasteiger partial charge in [-0.25, -0.2) is 8.78 Å². The summed E-state index contributed by atoms with van der Waals surface area (Å²) in [5.41, 5.74) is 4.03. The maximum Gasteiger partial charge on any atom is 0.306 e. The van der Waals surface area contributed by atoms with Gasteiger partial charge in [-0.3, -0.25) is 4.79 Å². The van der Waals surface area contributed by atoms with Gasteiger partial charge in [-0.15, -0.1) is 0 Å². The Labute approximate surface area is 81.6 Å². The molecule has 1 unspecified atom stereocenters. The average Bonchev–Trinajstić information content (AvgIpc) is 2.53. The number of hydrogen-bond acceptors (Lipinski definition) is 3. The Morgan fingerprint density at radius 2 is 2.14 bits per heavy atom. The first-order valence-electron chi connectivity index (χ1n) is 4.71. The number of rotatable bonds is 5. The van der Waals surface area contributed by atoms with E-state index in [9.17, 15) is 13.6 Å². The molecule has 3 nitrogen and oxygen atoms in total. The predicted octanol–water partition coefficient (Wildman–Crippen LogP) is 1.31. The summed E-state index contributed by atoms with van der Waals surface area (Å²) in [7, 11) is 0. The highest BCUT2D eigenvalue weighted by molar-refractivity contribution is 5.71. The summed E-state index contributed by atoms with van der Waals surface area (Å²) < 4.78 is 30.6. The normalized spacial score (nSPS) is 28.6. The van der Waals surface area contributed by atoms with Crippen molar-refractivity contribution >= 4 is 5.97 Å². The molecule has 0 heterocycles. The minimum absolute atomic E-state index is 0.176. The van der Waals surface area contributed by atoms with Crippen molar-refractivity contribution in [3.05, 3.63) is 0 Å². The zero-order valence-electron chi connectivity index (χ0n) is 8.19. The van der Waals surface area contributed by atoms with E-state index in [2.05, 4.69) is 4.74 Å². The van der Waals surface area contributed by atoms with E-state index >= 15 is 0 Å². The van der Waals surface area contributed by atoms with E-state index in [-0.39, 0.29) is 32.4 Å². The number of carbonyl (C=O) groups is 1. The van der Waals surface area contributed by atoms with Gasteiger partial charge in [0.1, 0.15) is 0 Å². The Bertz CT molecular complexity index is 233. The van der Waals surface area contributed by atoms with Crippen LogP contribution >= 0.6 is 0 Å². The van der Waals surface area contributed by atoms with Gasteiger partial charge in [0.05, 0.1) is 18.4 Å². The SMILES string of the molecule is CCOC(=O)CC1(CCN)CC1(F)F. The second-order valence-corrected chi connectivity index (χ2v) is 3.68. The highest BCUT2D eigenvalue weighted by atomic mass is 19.3. The quantitative estimate of drug-likeness (QED) is 0.691. The van der Waals surface area contributed by atoms with Crippen molar-refractivity contribution in [2.24, 2.45) is 11.1 Å². The molecule has 0 aromatic carbocycles. The van der Waals surface area contributed by atoms with Crippen LogP contribution in [0, 0.1) is 5.41 Å². The highest BCUT2D eigenvalue weighted by Gasteiger charge is 2.70. The van der Waals surface area contributed by atoms with Crippen LogP contribution in [0.3, 0.4) is 0 Å². The molecule has 14 heavy (non-hydrogen) atoms. The Morgan fingerprint density at radius 1 is 1.57 bits per heavy atom. The molecule has 82 valence electrons. The smallest absolute Gasteiger partial charge is 0.306 e. The molecule has 1 atom stereocenters. The molecule has 0 radical (unpaired) electrons. The van der Waals surface area contributed by atoms with E-state index in [1.807, 2.05) is 0 Å². The van der Waals surface area contributed by atoms with Crippen LogP contribution in [0.4, 0.5) is 8.78 Å². The van der Waals surface area contributed by atoms with Crippen LogP contribution in [0.25, 0.3) is 0 Å². The minimum atomic E-state index is -2.74. The van der Waals surface area contributed by atoms with Gasteiger partial charge < -0.3 is 10.5 Å². The number of esters is 1. The van der Waals surface area contributed by atoms with Gasteiger partial charge >= 0.3 is 5.97 Å². The van der Waals surface area contributed by atoms with Crippen LogP contribution in [0.2, 0.25) is 0 Å². The van der Waals surface area contributed by atoms with E-state index in [4.69, 9.17) is 5.73 Å². The van der Waals surface area contributed by atoms with Crippen molar-refractivity contribution < 1.29 is 18.3 Å². The third kappa shape index (κ3) is 2.03. The molecular weight excluding hydrogens is 192 g/mol. The van der Waals surface area contributed by atoms with Crippen molar-refractivity contribution in [1.29, 1.82) is 0 Å². The second-order valence-electron chi connectivity index (χ2n) is 3.68. The molecule has 1 fully saturated rings. The van der Waals surface area contributed by atoms with Gasteiger partial charge in [0.15, 0.2) is 0 Å². The Hall–Kier alpha value is -0.710. The lowest BCUT2D eigenvalue weighted by molar-refractivity contribution is -0.145. The molecule has 2 N–H and O–H groups in total. The van der Waals surface area contributed by atoms with E-state index in [0.29, 0.717) is 0 Å². The maximum absolute atomic E-state index is 13.0. The first kappa shape index (κ1) is 11.4. The molecule has 0 bridgehead atoms. The minimum Gasteiger partial charge on any atom is -0.466 e. The van der Waals surface area contributed by atoms with Crippen molar-refractivity contribution in [3.63, 3.8) is 0 Å². The molecule has 1 saturated carbocycles. The van der Waals surface area contributed by atoms with E-state index < -0.39 is 17.3 Å². The zero-order chi connectivity index (χ0) is 10.8.